The standard InChI is InChI=1S/C16H22ClFN2O/c1-16(2,12-7-4-8-13(17)15(12)18)19-14(21)10-11-6-5-9-20(11)3/h4,7-8,11H,5-6,9-10H2,1-3H3,(H,19,21)/t11-/m0/s1. The Bertz CT molecular complexity index is 533. The fraction of sp³-hybridized carbons (Fsp3) is 0.562. The average Bonchev–Trinajstić information content (AvgIpc) is 2.77. The van der Waals surface area contributed by atoms with E-state index in [0.29, 0.717) is 12.0 Å². The van der Waals surface area contributed by atoms with Crippen molar-refractivity contribution in [2.24, 2.45) is 0 Å². The third-order valence-corrected chi connectivity index (χ3v) is 4.46. The van der Waals surface area contributed by atoms with Gasteiger partial charge in [0.15, 0.2) is 0 Å². The van der Waals surface area contributed by atoms with Crippen LogP contribution in [0.3, 0.4) is 0 Å². The zero-order chi connectivity index (χ0) is 15.6. The topological polar surface area (TPSA) is 32.3 Å². The first-order valence-corrected chi connectivity index (χ1v) is 7.65. The number of benzene rings is 1. The van der Waals surface area contributed by atoms with Crippen molar-refractivity contribution in [1.29, 1.82) is 0 Å². The zero-order valence-electron chi connectivity index (χ0n) is 12.7. The Kier molecular flexibility index (Phi) is 4.89. The van der Waals surface area contributed by atoms with Crippen molar-refractivity contribution >= 4 is 17.5 Å². The largest absolute Gasteiger partial charge is 0.347 e. The second kappa shape index (κ2) is 6.32. The van der Waals surface area contributed by atoms with Gasteiger partial charge in [0.2, 0.25) is 5.91 Å². The van der Waals surface area contributed by atoms with Gasteiger partial charge in [-0.15, -0.1) is 0 Å². The minimum atomic E-state index is -0.788. The lowest BCUT2D eigenvalue weighted by Gasteiger charge is -2.29. The highest BCUT2D eigenvalue weighted by Gasteiger charge is 2.29. The Hall–Kier alpha value is -1.13. The number of rotatable bonds is 4. The molecule has 1 aliphatic heterocycles. The normalized spacial score (nSPS) is 19.8. The van der Waals surface area contributed by atoms with E-state index in [1.165, 1.54) is 6.07 Å². The van der Waals surface area contributed by atoms with Gasteiger partial charge in [0.25, 0.3) is 0 Å². The summed E-state index contributed by atoms with van der Waals surface area (Å²) in [6.45, 7) is 4.61. The monoisotopic (exact) mass is 312 g/mol. The van der Waals surface area contributed by atoms with Crippen LogP contribution in [-0.2, 0) is 10.3 Å². The van der Waals surface area contributed by atoms with Gasteiger partial charge in [-0.25, -0.2) is 4.39 Å². The number of hydrogen-bond acceptors (Lipinski definition) is 2. The molecule has 1 aliphatic rings. The van der Waals surface area contributed by atoms with E-state index in [1.807, 2.05) is 7.05 Å². The molecule has 1 aromatic carbocycles. The maximum atomic E-state index is 14.1. The summed E-state index contributed by atoms with van der Waals surface area (Å²) >= 11 is 5.82. The minimum Gasteiger partial charge on any atom is -0.347 e. The van der Waals surface area contributed by atoms with E-state index in [2.05, 4.69) is 10.2 Å². The number of nitrogens with one attached hydrogen (secondary N) is 1. The van der Waals surface area contributed by atoms with Gasteiger partial charge in [0.1, 0.15) is 5.82 Å². The lowest BCUT2D eigenvalue weighted by molar-refractivity contribution is -0.123. The van der Waals surface area contributed by atoms with Crippen molar-refractivity contribution in [3.05, 3.63) is 34.6 Å². The first kappa shape index (κ1) is 16.2. The van der Waals surface area contributed by atoms with Gasteiger partial charge in [0.05, 0.1) is 10.6 Å². The summed E-state index contributed by atoms with van der Waals surface area (Å²) in [5.74, 6) is -0.527. The molecule has 0 radical (unpaired) electrons. The van der Waals surface area contributed by atoms with E-state index in [-0.39, 0.29) is 17.0 Å². The molecule has 3 nitrogen and oxygen atoms in total. The second-order valence-corrected chi connectivity index (χ2v) is 6.66. The Morgan fingerprint density at radius 2 is 2.24 bits per heavy atom. The quantitative estimate of drug-likeness (QED) is 0.925. The van der Waals surface area contributed by atoms with Crippen LogP contribution >= 0.6 is 11.6 Å². The summed E-state index contributed by atoms with van der Waals surface area (Å²) < 4.78 is 14.1. The van der Waals surface area contributed by atoms with Crippen molar-refractivity contribution in [3.8, 4) is 0 Å². The maximum Gasteiger partial charge on any atom is 0.222 e. The molecule has 1 fully saturated rings. The Balaban J connectivity index is 2.06. The van der Waals surface area contributed by atoms with Crippen molar-refractivity contribution in [2.45, 2.75) is 44.7 Å². The fourth-order valence-electron chi connectivity index (χ4n) is 2.90. The van der Waals surface area contributed by atoms with E-state index in [9.17, 15) is 9.18 Å². The summed E-state index contributed by atoms with van der Waals surface area (Å²) in [5, 5.41) is 3.00. The van der Waals surface area contributed by atoms with Crippen molar-refractivity contribution in [2.75, 3.05) is 13.6 Å². The maximum absolute atomic E-state index is 14.1. The fourth-order valence-corrected chi connectivity index (χ4v) is 3.08. The molecule has 116 valence electrons. The number of nitrogens with zero attached hydrogens (tertiary/aromatic N) is 1. The van der Waals surface area contributed by atoms with Crippen LogP contribution in [0.4, 0.5) is 4.39 Å². The van der Waals surface area contributed by atoms with Crippen molar-refractivity contribution < 1.29 is 9.18 Å². The highest BCUT2D eigenvalue weighted by Crippen LogP contribution is 2.28. The van der Waals surface area contributed by atoms with Crippen molar-refractivity contribution in [3.63, 3.8) is 0 Å². The molecule has 0 bridgehead atoms. The average molecular weight is 313 g/mol. The van der Waals surface area contributed by atoms with Crippen molar-refractivity contribution in [1.82, 2.24) is 10.2 Å². The number of carbonyl (C=O) groups excluding carboxylic acids is 1. The molecular formula is C16H22ClFN2O. The Labute approximate surface area is 130 Å². The van der Waals surface area contributed by atoms with E-state index in [0.717, 1.165) is 19.4 Å². The summed E-state index contributed by atoms with van der Waals surface area (Å²) in [5.41, 5.74) is -0.383. The van der Waals surface area contributed by atoms with Crippen LogP contribution in [0.25, 0.3) is 0 Å². The van der Waals surface area contributed by atoms with E-state index < -0.39 is 11.4 Å². The molecular weight excluding hydrogens is 291 g/mol. The summed E-state index contributed by atoms with van der Waals surface area (Å²) in [6.07, 6.45) is 2.61. The predicted octanol–water partition coefficient (Wildman–Crippen LogP) is 3.31. The zero-order valence-corrected chi connectivity index (χ0v) is 13.5. The number of carbonyl (C=O) groups is 1. The minimum absolute atomic E-state index is 0.0573. The van der Waals surface area contributed by atoms with E-state index >= 15 is 0 Å². The number of amides is 1. The smallest absolute Gasteiger partial charge is 0.222 e. The molecule has 0 aliphatic carbocycles. The molecule has 1 amide bonds. The SMILES string of the molecule is CN1CCC[C@H]1CC(=O)NC(C)(C)c1cccc(Cl)c1F. The predicted molar refractivity (Wildman–Crippen MR) is 82.8 cm³/mol. The summed E-state index contributed by atoms with van der Waals surface area (Å²) in [7, 11) is 2.03. The van der Waals surface area contributed by atoms with E-state index in [1.54, 1.807) is 26.0 Å². The molecule has 1 atom stereocenters. The van der Waals surface area contributed by atoms with E-state index in [4.69, 9.17) is 11.6 Å². The number of halogens is 2. The van der Waals surface area contributed by atoms with Crippen LogP contribution in [0.5, 0.6) is 0 Å². The Morgan fingerprint density at radius 1 is 1.52 bits per heavy atom. The lowest BCUT2D eigenvalue weighted by atomic mass is 9.93. The van der Waals surface area contributed by atoms with Crippen LogP contribution in [0.15, 0.2) is 18.2 Å². The summed E-state index contributed by atoms with van der Waals surface area (Å²) in [6, 6.07) is 5.14. The molecule has 0 aromatic heterocycles. The third kappa shape index (κ3) is 3.74. The molecule has 0 unspecified atom stereocenters. The Morgan fingerprint density at radius 3 is 2.86 bits per heavy atom. The lowest BCUT2D eigenvalue weighted by Crippen LogP contribution is -2.43. The van der Waals surface area contributed by atoms with Gasteiger partial charge in [-0.2, -0.15) is 0 Å². The van der Waals surface area contributed by atoms with Crippen LogP contribution < -0.4 is 5.32 Å². The van der Waals surface area contributed by atoms with Crippen LogP contribution in [0.2, 0.25) is 5.02 Å². The highest BCUT2D eigenvalue weighted by molar-refractivity contribution is 6.30. The first-order chi connectivity index (χ1) is 9.81. The molecule has 1 N–H and O–H groups in total. The summed E-state index contributed by atoms with van der Waals surface area (Å²) in [4.78, 5) is 14.4. The molecule has 5 heteroatoms. The van der Waals surface area contributed by atoms with Crippen LogP contribution in [-0.4, -0.2) is 30.4 Å². The molecule has 2 rings (SSSR count). The second-order valence-electron chi connectivity index (χ2n) is 6.26. The van der Waals surface area contributed by atoms with Gasteiger partial charge in [-0.1, -0.05) is 23.7 Å². The van der Waals surface area contributed by atoms with Crippen LogP contribution in [0.1, 0.15) is 38.7 Å². The van der Waals surface area contributed by atoms with Gasteiger partial charge >= 0.3 is 0 Å². The third-order valence-electron chi connectivity index (χ3n) is 4.17. The van der Waals surface area contributed by atoms with Gasteiger partial charge < -0.3 is 10.2 Å². The first-order valence-electron chi connectivity index (χ1n) is 7.27. The molecule has 21 heavy (non-hydrogen) atoms. The van der Waals surface area contributed by atoms with Crippen LogP contribution in [0, 0.1) is 5.82 Å². The molecule has 0 saturated carbocycles. The van der Waals surface area contributed by atoms with Gasteiger partial charge in [-0.3, -0.25) is 4.79 Å². The number of hydrogen-bond donors (Lipinski definition) is 1. The molecule has 0 spiro atoms. The molecule has 1 saturated heterocycles. The van der Waals surface area contributed by atoms with Gasteiger partial charge in [-0.05, 0) is 46.3 Å². The van der Waals surface area contributed by atoms with Gasteiger partial charge in [0, 0.05) is 18.0 Å². The highest BCUT2D eigenvalue weighted by atomic mass is 35.5. The molecule has 1 heterocycles. The molecule has 1 aromatic rings. The number of likely N-dealkylation sites (tertiary alicyclic amines) is 1.